The van der Waals surface area contributed by atoms with Gasteiger partial charge in [0.25, 0.3) is 0 Å². The van der Waals surface area contributed by atoms with Gasteiger partial charge in [0.1, 0.15) is 0 Å². The van der Waals surface area contributed by atoms with Crippen LogP contribution in [0.3, 0.4) is 0 Å². The first-order valence-electron chi connectivity index (χ1n) is 5.69. The van der Waals surface area contributed by atoms with Crippen molar-refractivity contribution in [3.8, 4) is 0 Å². The Morgan fingerprint density at radius 3 is 2.41 bits per heavy atom. The number of nitrogens with one attached hydrogen (secondary N) is 1. The molecular formula is C12H17NO2S2. The Morgan fingerprint density at radius 1 is 1.29 bits per heavy atom. The minimum Gasteiger partial charge on any atom is -0.316 e. The lowest BCUT2D eigenvalue weighted by Crippen LogP contribution is -2.42. The lowest BCUT2D eigenvalue weighted by molar-refractivity contribution is 0.341. The first-order valence-corrected chi connectivity index (χ1v) is 8.57. The number of rotatable bonds is 5. The fraction of sp³-hybridized carbons (Fsp3) is 0.500. The molecule has 0 atom stereocenters. The van der Waals surface area contributed by atoms with Gasteiger partial charge in [0.15, 0.2) is 9.84 Å². The molecule has 0 aliphatic carbocycles. The van der Waals surface area contributed by atoms with E-state index in [1.54, 1.807) is 23.9 Å². The largest absolute Gasteiger partial charge is 0.316 e. The molecule has 1 aliphatic rings. The molecule has 1 heterocycles. The minimum absolute atomic E-state index is 0.394. The van der Waals surface area contributed by atoms with Crippen molar-refractivity contribution in [1.82, 2.24) is 5.32 Å². The molecule has 0 unspecified atom stereocenters. The smallest absolute Gasteiger partial charge is 0.175 e. The first-order chi connectivity index (χ1) is 8.05. The molecule has 94 valence electrons. The quantitative estimate of drug-likeness (QED) is 0.829. The van der Waals surface area contributed by atoms with Crippen LogP contribution in [0.4, 0.5) is 0 Å². The molecule has 3 nitrogen and oxygen atoms in total. The Labute approximate surface area is 107 Å². The summed E-state index contributed by atoms with van der Waals surface area (Å²) < 4.78 is 22.6. The third-order valence-corrected chi connectivity index (χ3v) is 5.09. The summed E-state index contributed by atoms with van der Waals surface area (Å²) in [6.45, 7) is 2.29. The monoisotopic (exact) mass is 271 g/mol. The average Bonchev–Trinajstić information content (AvgIpc) is 2.21. The average molecular weight is 271 g/mol. The van der Waals surface area contributed by atoms with Gasteiger partial charge in [-0.2, -0.15) is 0 Å². The fourth-order valence-corrected chi connectivity index (χ4v) is 3.32. The second kappa shape index (κ2) is 5.42. The predicted molar refractivity (Wildman–Crippen MR) is 71.3 cm³/mol. The summed E-state index contributed by atoms with van der Waals surface area (Å²) in [7, 11) is -3.07. The van der Waals surface area contributed by atoms with Gasteiger partial charge in [0.2, 0.25) is 0 Å². The summed E-state index contributed by atoms with van der Waals surface area (Å²) in [4.78, 5) is 1.54. The van der Waals surface area contributed by atoms with Gasteiger partial charge in [-0.15, -0.1) is 11.8 Å². The van der Waals surface area contributed by atoms with Crippen LogP contribution >= 0.6 is 11.8 Å². The highest BCUT2D eigenvalue weighted by Gasteiger charge is 2.15. The Balaban J connectivity index is 1.85. The van der Waals surface area contributed by atoms with Crippen molar-refractivity contribution < 1.29 is 8.42 Å². The molecule has 1 aromatic rings. The maximum absolute atomic E-state index is 11.3. The van der Waals surface area contributed by atoms with E-state index in [-0.39, 0.29) is 0 Å². The molecule has 0 saturated carbocycles. The molecule has 0 spiro atoms. The molecule has 17 heavy (non-hydrogen) atoms. The molecule has 0 bridgehead atoms. The Kier molecular flexibility index (Phi) is 4.12. The van der Waals surface area contributed by atoms with Crippen LogP contribution in [0.1, 0.15) is 6.42 Å². The van der Waals surface area contributed by atoms with Crippen LogP contribution in [-0.2, 0) is 9.84 Å². The lowest BCUT2D eigenvalue weighted by Gasteiger charge is -2.26. The third-order valence-electron chi connectivity index (χ3n) is 2.91. The van der Waals surface area contributed by atoms with Crippen LogP contribution in [0, 0.1) is 5.92 Å². The van der Waals surface area contributed by atoms with E-state index >= 15 is 0 Å². The second-order valence-corrected chi connectivity index (χ2v) is 7.59. The van der Waals surface area contributed by atoms with E-state index in [2.05, 4.69) is 5.32 Å². The summed E-state index contributed by atoms with van der Waals surface area (Å²) in [5.74, 6) is 1.93. The van der Waals surface area contributed by atoms with Gasteiger partial charge in [-0.3, -0.25) is 0 Å². The number of benzene rings is 1. The molecule has 1 N–H and O–H groups in total. The molecule has 2 rings (SSSR count). The van der Waals surface area contributed by atoms with Crippen molar-refractivity contribution >= 4 is 21.6 Å². The zero-order valence-electron chi connectivity index (χ0n) is 9.85. The molecule has 1 aromatic carbocycles. The zero-order valence-corrected chi connectivity index (χ0v) is 11.5. The van der Waals surface area contributed by atoms with Crippen LogP contribution in [0.15, 0.2) is 34.1 Å². The van der Waals surface area contributed by atoms with E-state index in [0.29, 0.717) is 4.90 Å². The van der Waals surface area contributed by atoms with Crippen molar-refractivity contribution in [2.45, 2.75) is 16.2 Å². The van der Waals surface area contributed by atoms with Gasteiger partial charge >= 0.3 is 0 Å². The molecule has 5 heteroatoms. The molecule has 1 aliphatic heterocycles. The maximum Gasteiger partial charge on any atom is 0.175 e. The van der Waals surface area contributed by atoms with Crippen LogP contribution in [0.5, 0.6) is 0 Å². The van der Waals surface area contributed by atoms with Crippen LogP contribution in [0.25, 0.3) is 0 Å². The number of sulfone groups is 1. The third kappa shape index (κ3) is 3.72. The van der Waals surface area contributed by atoms with E-state index in [4.69, 9.17) is 0 Å². The topological polar surface area (TPSA) is 46.2 Å². The first kappa shape index (κ1) is 12.9. The second-order valence-electron chi connectivity index (χ2n) is 4.40. The Morgan fingerprint density at radius 2 is 1.94 bits per heavy atom. The molecule has 0 amide bonds. The Bertz CT molecular complexity index is 464. The van der Waals surface area contributed by atoms with Gasteiger partial charge < -0.3 is 5.32 Å². The highest BCUT2D eigenvalue weighted by Crippen LogP contribution is 2.23. The zero-order chi connectivity index (χ0) is 12.3. The SMILES string of the molecule is CS(=O)(=O)c1ccc(SCCC2CNC2)cc1. The summed E-state index contributed by atoms with van der Waals surface area (Å²) in [6.07, 6.45) is 2.46. The number of hydrogen-bond acceptors (Lipinski definition) is 4. The number of hydrogen-bond donors (Lipinski definition) is 1. The van der Waals surface area contributed by atoms with Gasteiger partial charge in [-0.05, 0) is 55.4 Å². The van der Waals surface area contributed by atoms with E-state index in [0.717, 1.165) is 29.7 Å². The highest BCUT2D eigenvalue weighted by atomic mass is 32.2. The molecule has 0 aromatic heterocycles. The lowest BCUT2D eigenvalue weighted by atomic mass is 10.0. The molecule has 1 saturated heterocycles. The molecule has 1 fully saturated rings. The van der Waals surface area contributed by atoms with E-state index in [1.165, 1.54) is 12.7 Å². The summed E-state index contributed by atoms with van der Waals surface area (Å²) in [5.41, 5.74) is 0. The van der Waals surface area contributed by atoms with Crippen molar-refractivity contribution in [2.75, 3.05) is 25.1 Å². The van der Waals surface area contributed by atoms with Gasteiger partial charge in [0.05, 0.1) is 4.90 Å². The molecular weight excluding hydrogens is 254 g/mol. The van der Waals surface area contributed by atoms with Gasteiger partial charge in [0, 0.05) is 11.2 Å². The predicted octanol–water partition coefficient (Wildman–Crippen LogP) is 1.79. The maximum atomic E-state index is 11.3. The summed E-state index contributed by atoms with van der Waals surface area (Å²) >= 11 is 1.79. The van der Waals surface area contributed by atoms with E-state index in [1.807, 2.05) is 12.1 Å². The van der Waals surface area contributed by atoms with Crippen molar-refractivity contribution in [3.05, 3.63) is 24.3 Å². The van der Waals surface area contributed by atoms with Crippen LogP contribution in [0.2, 0.25) is 0 Å². The van der Waals surface area contributed by atoms with E-state index < -0.39 is 9.84 Å². The number of thioether (sulfide) groups is 1. The van der Waals surface area contributed by atoms with Crippen molar-refractivity contribution in [1.29, 1.82) is 0 Å². The Hall–Kier alpha value is -0.520. The van der Waals surface area contributed by atoms with Crippen LogP contribution < -0.4 is 5.32 Å². The van der Waals surface area contributed by atoms with Gasteiger partial charge in [-0.1, -0.05) is 0 Å². The minimum atomic E-state index is -3.07. The summed E-state index contributed by atoms with van der Waals surface area (Å²) in [5, 5.41) is 3.26. The highest BCUT2D eigenvalue weighted by molar-refractivity contribution is 7.99. The molecule has 0 radical (unpaired) electrons. The van der Waals surface area contributed by atoms with Crippen molar-refractivity contribution in [2.24, 2.45) is 5.92 Å². The van der Waals surface area contributed by atoms with Crippen LogP contribution in [-0.4, -0.2) is 33.5 Å². The van der Waals surface area contributed by atoms with Gasteiger partial charge in [-0.25, -0.2) is 8.42 Å². The normalized spacial score (nSPS) is 16.8. The standard InChI is InChI=1S/C12H17NO2S2/c1-17(14,15)12-4-2-11(3-5-12)16-7-6-10-8-13-9-10/h2-5,10,13H,6-9H2,1H3. The van der Waals surface area contributed by atoms with E-state index in [9.17, 15) is 8.42 Å². The fourth-order valence-electron chi connectivity index (χ4n) is 1.68. The van der Waals surface area contributed by atoms with Crippen molar-refractivity contribution in [3.63, 3.8) is 0 Å². The summed E-state index contributed by atoms with van der Waals surface area (Å²) in [6, 6.07) is 7.14.